The fourth-order valence-electron chi connectivity index (χ4n) is 1.07. The molecule has 0 aromatic rings. The zero-order valence-corrected chi connectivity index (χ0v) is 6.89. The molecule has 1 fully saturated rings. The fraction of sp³-hybridized carbons (Fsp3) is 1.00. The third-order valence-corrected chi connectivity index (χ3v) is 2.71. The molecule has 0 saturated heterocycles. The Hall–Kier alpha value is 0.500. The predicted molar refractivity (Wildman–Crippen MR) is 40.5 cm³/mol. The Balaban J connectivity index is 2.46. The van der Waals surface area contributed by atoms with Gasteiger partial charge in [0.25, 0.3) is 0 Å². The SMILES string of the molecule is OC1CC(O)C(Cl)CC1Cl. The summed E-state index contributed by atoms with van der Waals surface area (Å²) in [4.78, 5) is 0. The number of hydrogen-bond donors (Lipinski definition) is 2. The van der Waals surface area contributed by atoms with Crippen LogP contribution in [0.4, 0.5) is 0 Å². The topological polar surface area (TPSA) is 40.5 Å². The maximum atomic E-state index is 9.12. The maximum absolute atomic E-state index is 9.12. The van der Waals surface area contributed by atoms with Crippen LogP contribution in [0.3, 0.4) is 0 Å². The van der Waals surface area contributed by atoms with Crippen LogP contribution < -0.4 is 0 Å². The van der Waals surface area contributed by atoms with Crippen LogP contribution in [0.15, 0.2) is 0 Å². The first-order valence-electron chi connectivity index (χ1n) is 3.25. The minimum absolute atomic E-state index is 0.294. The fourth-order valence-corrected chi connectivity index (χ4v) is 1.75. The van der Waals surface area contributed by atoms with Gasteiger partial charge in [-0.15, -0.1) is 23.2 Å². The van der Waals surface area contributed by atoms with Crippen molar-refractivity contribution in [2.45, 2.75) is 35.8 Å². The summed E-state index contributed by atoms with van der Waals surface area (Å²) in [6.45, 7) is 0. The molecule has 0 bridgehead atoms. The van der Waals surface area contributed by atoms with Gasteiger partial charge in [-0.1, -0.05) is 0 Å². The molecule has 60 valence electrons. The Morgan fingerprint density at radius 2 is 1.30 bits per heavy atom. The van der Waals surface area contributed by atoms with Crippen molar-refractivity contribution < 1.29 is 10.2 Å². The van der Waals surface area contributed by atoms with Gasteiger partial charge in [-0.3, -0.25) is 0 Å². The lowest BCUT2D eigenvalue weighted by Gasteiger charge is -2.30. The maximum Gasteiger partial charge on any atom is 0.0729 e. The Morgan fingerprint density at radius 3 is 1.60 bits per heavy atom. The van der Waals surface area contributed by atoms with Gasteiger partial charge in [0, 0.05) is 6.42 Å². The first-order chi connectivity index (χ1) is 4.61. The van der Waals surface area contributed by atoms with Gasteiger partial charge in [-0.25, -0.2) is 0 Å². The van der Waals surface area contributed by atoms with Crippen molar-refractivity contribution in [2.75, 3.05) is 0 Å². The molecule has 1 rings (SSSR count). The number of alkyl halides is 2. The average molecular weight is 185 g/mol. The van der Waals surface area contributed by atoms with Crippen molar-refractivity contribution in [1.82, 2.24) is 0 Å². The predicted octanol–water partition coefficient (Wildman–Crippen LogP) is 0.717. The summed E-state index contributed by atoms with van der Waals surface area (Å²) in [5.41, 5.74) is 0. The van der Waals surface area contributed by atoms with Crippen molar-refractivity contribution in [3.63, 3.8) is 0 Å². The van der Waals surface area contributed by atoms with Gasteiger partial charge in [-0.2, -0.15) is 0 Å². The van der Waals surface area contributed by atoms with E-state index >= 15 is 0 Å². The molecule has 0 radical (unpaired) electrons. The molecule has 10 heavy (non-hydrogen) atoms. The number of hydrogen-bond acceptors (Lipinski definition) is 2. The lowest BCUT2D eigenvalue weighted by Crippen LogP contribution is -2.39. The molecule has 4 atom stereocenters. The van der Waals surface area contributed by atoms with Crippen molar-refractivity contribution in [3.8, 4) is 0 Å². The van der Waals surface area contributed by atoms with E-state index in [9.17, 15) is 0 Å². The van der Waals surface area contributed by atoms with Crippen LogP contribution in [-0.2, 0) is 0 Å². The minimum atomic E-state index is -0.605. The Kier molecular flexibility index (Phi) is 2.81. The molecular formula is C6H10Cl2O2. The molecule has 0 heterocycles. The van der Waals surface area contributed by atoms with Crippen molar-refractivity contribution in [2.24, 2.45) is 0 Å². The van der Waals surface area contributed by atoms with E-state index in [1.54, 1.807) is 0 Å². The molecule has 0 aromatic carbocycles. The highest BCUT2D eigenvalue weighted by Gasteiger charge is 2.32. The van der Waals surface area contributed by atoms with Gasteiger partial charge in [0.1, 0.15) is 0 Å². The van der Waals surface area contributed by atoms with E-state index in [-0.39, 0.29) is 10.8 Å². The molecule has 4 unspecified atom stereocenters. The minimum Gasteiger partial charge on any atom is -0.391 e. The highest BCUT2D eigenvalue weighted by molar-refractivity contribution is 6.24. The molecule has 0 aliphatic heterocycles. The molecule has 4 heteroatoms. The first-order valence-corrected chi connectivity index (χ1v) is 4.13. The first kappa shape index (κ1) is 8.60. The summed E-state index contributed by atoms with van der Waals surface area (Å²) in [5.74, 6) is 0. The van der Waals surface area contributed by atoms with Crippen LogP contribution in [0.25, 0.3) is 0 Å². The van der Waals surface area contributed by atoms with Crippen LogP contribution in [0.2, 0.25) is 0 Å². The number of rotatable bonds is 0. The quantitative estimate of drug-likeness (QED) is 0.546. The van der Waals surface area contributed by atoms with Gasteiger partial charge in [-0.05, 0) is 6.42 Å². The summed E-state index contributed by atoms with van der Waals surface area (Å²) in [5, 5.41) is 17.6. The van der Waals surface area contributed by atoms with E-state index in [1.807, 2.05) is 0 Å². The van der Waals surface area contributed by atoms with Gasteiger partial charge < -0.3 is 10.2 Å². The molecule has 0 spiro atoms. The average Bonchev–Trinajstić information content (AvgIpc) is 1.84. The zero-order valence-electron chi connectivity index (χ0n) is 5.37. The lowest BCUT2D eigenvalue weighted by molar-refractivity contribution is 0.0463. The Bertz CT molecular complexity index is 94.3. The summed E-state index contributed by atoms with van der Waals surface area (Å²) in [6, 6.07) is 0. The van der Waals surface area contributed by atoms with E-state index in [1.165, 1.54) is 0 Å². The van der Waals surface area contributed by atoms with Gasteiger partial charge in [0.2, 0.25) is 0 Å². The van der Waals surface area contributed by atoms with Gasteiger partial charge in [0.05, 0.1) is 23.0 Å². The second-order valence-corrected chi connectivity index (χ2v) is 3.76. The lowest BCUT2D eigenvalue weighted by atomic mass is 9.94. The van der Waals surface area contributed by atoms with Crippen molar-refractivity contribution >= 4 is 23.2 Å². The van der Waals surface area contributed by atoms with Crippen LogP contribution in [0.5, 0.6) is 0 Å². The number of halogens is 2. The number of aliphatic hydroxyl groups excluding tert-OH is 2. The van der Waals surface area contributed by atoms with Gasteiger partial charge in [0.15, 0.2) is 0 Å². The van der Waals surface area contributed by atoms with E-state index in [2.05, 4.69) is 0 Å². The van der Waals surface area contributed by atoms with E-state index in [0.29, 0.717) is 12.8 Å². The second kappa shape index (κ2) is 3.26. The molecular weight excluding hydrogens is 175 g/mol. The summed E-state index contributed by atoms with van der Waals surface area (Å²) in [6.07, 6.45) is -0.438. The van der Waals surface area contributed by atoms with Crippen LogP contribution in [0, 0.1) is 0 Å². The molecule has 2 N–H and O–H groups in total. The molecule has 0 aromatic heterocycles. The highest BCUT2D eigenvalue weighted by Crippen LogP contribution is 2.27. The summed E-state index contributed by atoms with van der Waals surface area (Å²) in [7, 11) is 0. The van der Waals surface area contributed by atoms with E-state index in [4.69, 9.17) is 33.4 Å². The largest absolute Gasteiger partial charge is 0.391 e. The van der Waals surface area contributed by atoms with E-state index in [0.717, 1.165) is 0 Å². The molecule has 1 saturated carbocycles. The summed E-state index contributed by atoms with van der Waals surface area (Å²) < 4.78 is 0. The second-order valence-electron chi connectivity index (χ2n) is 2.64. The Morgan fingerprint density at radius 1 is 0.900 bits per heavy atom. The zero-order chi connectivity index (χ0) is 7.72. The van der Waals surface area contributed by atoms with Crippen LogP contribution in [0.1, 0.15) is 12.8 Å². The monoisotopic (exact) mass is 184 g/mol. The standard InChI is InChI=1S/C6H10Cl2O2/c7-3-1-4(8)6(10)2-5(3)9/h3-6,9-10H,1-2H2. The van der Waals surface area contributed by atoms with E-state index < -0.39 is 12.2 Å². The van der Waals surface area contributed by atoms with Crippen molar-refractivity contribution in [3.05, 3.63) is 0 Å². The smallest absolute Gasteiger partial charge is 0.0729 e. The molecule has 2 nitrogen and oxygen atoms in total. The molecule has 1 aliphatic carbocycles. The normalized spacial score (nSPS) is 49.2. The third kappa shape index (κ3) is 1.76. The molecule has 1 aliphatic rings. The van der Waals surface area contributed by atoms with Crippen LogP contribution in [-0.4, -0.2) is 33.2 Å². The van der Waals surface area contributed by atoms with Crippen LogP contribution >= 0.6 is 23.2 Å². The Labute approximate surface area is 69.8 Å². The van der Waals surface area contributed by atoms with Gasteiger partial charge >= 0.3 is 0 Å². The highest BCUT2D eigenvalue weighted by atomic mass is 35.5. The molecule has 0 amide bonds. The number of aliphatic hydroxyl groups is 2. The van der Waals surface area contributed by atoms with Crippen molar-refractivity contribution in [1.29, 1.82) is 0 Å². The summed E-state index contributed by atoms with van der Waals surface area (Å²) >= 11 is 11.4. The third-order valence-electron chi connectivity index (χ3n) is 1.77.